The summed E-state index contributed by atoms with van der Waals surface area (Å²) in [6.07, 6.45) is 1.96. The molecular weight excluding hydrogens is 205 g/mol. The van der Waals surface area contributed by atoms with Gasteiger partial charge in [0, 0.05) is 15.3 Å². The van der Waals surface area contributed by atoms with E-state index >= 15 is 0 Å². The molecular formula is C9H8FNS2. The van der Waals surface area contributed by atoms with Gasteiger partial charge in [0.2, 0.25) is 0 Å². The number of anilines is 1. The standard InChI is InChI=1S/C9H8FNS2/c1-12-8-2-5-3-9(10)13-7(5)4-6(8)11/h2-4H,11H2,1H3. The minimum atomic E-state index is -0.160. The second-order valence-electron chi connectivity index (χ2n) is 2.68. The van der Waals surface area contributed by atoms with Gasteiger partial charge in [-0.05, 0) is 29.8 Å². The summed E-state index contributed by atoms with van der Waals surface area (Å²) in [4.78, 5) is 1.00. The number of thioether (sulfide) groups is 1. The molecule has 0 aliphatic heterocycles. The second kappa shape index (κ2) is 3.20. The van der Waals surface area contributed by atoms with Gasteiger partial charge in [0.05, 0.1) is 0 Å². The highest BCUT2D eigenvalue weighted by Crippen LogP contribution is 2.32. The second-order valence-corrected chi connectivity index (χ2v) is 4.56. The first-order chi connectivity index (χ1) is 6.20. The fourth-order valence-electron chi connectivity index (χ4n) is 1.23. The van der Waals surface area contributed by atoms with Gasteiger partial charge in [-0.15, -0.1) is 23.1 Å². The zero-order valence-electron chi connectivity index (χ0n) is 7.00. The summed E-state index contributed by atoms with van der Waals surface area (Å²) in [6.45, 7) is 0. The van der Waals surface area contributed by atoms with Gasteiger partial charge >= 0.3 is 0 Å². The first-order valence-electron chi connectivity index (χ1n) is 3.73. The van der Waals surface area contributed by atoms with Gasteiger partial charge in [0.25, 0.3) is 0 Å². The van der Waals surface area contributed by atoms with Crippen molar-refractivity contribution in [3.63, 3.8) is 0 Å². The van der Waals surface area contributed by atoms with E-state index < -0.39 is 0 Å². The molecule has 0 aliphatic carbocycles. The molecule has 68 valence electrons. The van der Waals surface area contributed by atoms with Crippen LogP contribution in [0.5, 0.6) is 0 Å². The van der Waals surface area contributed by atoms with Crippen molar-refractivity contribution in [1.82, 2.24) is 0 Å². The number of fused-ring (bicyclic) bond motifs is 1. The summed E-state index contributed by atoms with van der Waals surface area (Å²) < 4.78 is 13.8. The van der Waals surface area contributed by atoms with E-state index in [0.29, 0.717) is 0 Å². The summed E-state index contributed by atoms with van der Waals surface area (Å²) in [5, 5.41) is 0.772. The third kappa shape index (κ3) is 1.51. The van der Waals surface area contributed by atoms with E-state index in [4.69, 9.17) is 5.73 Å². The molecule has 1 aromatic heterocycles. The molecule has 0 unspecified atom stereocenters. The van der Waals surface area contributed by atoms with Crippen molar-refractivity contribution >= 4 is 38.9 Å². The summed E-state index contributed by atoms with van der Waals surface area (Å²) in [5.74, 6) is 0. The minimum Gasteiger partial charge on any atom is -0.398 e. The summed E-state index contributed by atoms with van der Waals surface area (Å²) >= 11 is 2.71. The smallest absolute Gasteiger partial charge is 0.177 e. The quantitative estimate of drug-likeness (QED) is 0.580. The highest BCUT2D eigenvalue weighted by molar-refractivity contribution is 7.98. The van der Waals surface area contributed by atoms with E-state index in [1.807, 2.05) is 18.4 Å². The maximum Gasteiger partial charge on any atom is 0.177 e. The number of hydrogen-bond donors (Lipinski definition) is 1. The zero-order chi connectivity index (χ0) is 9.42. The van der Waals surface area contributed by atoms with Crippen molar-refractivity contribution in [3.05, 3.63) is 23.3 Å². The van der Waals surface area contributed by atoms with Crippen LogP contribution in [0.4, 0.5) is 10.1 Å². The number of rotatable bonds is 1. The Balaban J connectivity index is 2.72. The lowest BCUT2D eigenvalue weighted by atomic mass is 10.2. The number of nitrogen functional groups attached to an aromatic ring is 1. The van der Waals surface area contributed by atoms with Gasteiger partial charge < -0.3 is 5.73 Å². The Morgan fingerprint density at radius 1 is 1.38 bits per heavy atom. The summed E-state index contributed by atoms with van der Waals surface area (Å²) in [5.41, 5.74) is 6.49. The van der Waals surface area contributed by atoms with Gasteiger partial charge in [0.1, 0.15) is 0 Å². The lowest BCUT2D eigenvalue weighted by Crippen LogP contribution is -1.86. The molecule has 2 rings (SSSR count). The fourth-order valence-corrected chi connectivity index (χ4v) is 2.58. The molecule has 1 nitrogen and oxygen atoms in total. The Morgan fingerprint density at radius 3 is 2.85 bits per heavy atom. The SMILES string of the molecule is CSc1cc2cc(F)sc2cc1N. The molecule has 0 bridgehead atoms. The lowest BCUT2D eigenvalue weighted by molar-refractivity contribution is 0.658. The van der Waals surface area contributed by atoms with E-state index in [1.54, 1.807) is 17.8 Å². The van der Waals surface area contributed by atoms with E-state index in [2.05, 4.69) is 0 Å². The molecule has 0 spiro atoms. The molecule has 0 amide bonds. The molecule has 0 fully saturated rings. The van der Waals surface area contributed by atoms with E-state index in [1.165, 1.54) is 0 Å². The van der Waals surface area contributed by atoms with Crippen molar-refractivity contribution in [2.45, 2.75) is 4.90 Å². The first kappa shape index (κ1) is 8.84. The average molecular weight is 213 g/mol. The van der Waals surface area contributed by atoms with Crippen molar-refractivity contribution in [3.8, 4) is 0 Å². The molecule has 0 aliphatic rings. The van der Waals surface area contributed by atoms with E-state index in [0.717, 1.165) is 32.0 Å². The Kier molecular flexibility index (Phi) is 2.17. The lowest BCUT2D eigenvalue weighted by Gasteiger charge is -2.01. The van der Waals surface area contributed by atoms with Gasteiger partial charge in [0.15, 0.2) is 5.13 Å². The highest BCUT2D eigenvalue weighted by atomic mass is 32.2. The third-order valence-electron chi connectivity index (χ3n) is 1.84. The van der Waals surface area contributed by atoms with Crippen LogP contribution in [-0.4, -0.2) is 6.26 Å². The molecule has 0 saturated carbocycles. The number of thiophene rings is 1. The molecule has 4 heteroatoms. The molecule has 0 saturated heterocycles. The first-order valence-corrected chi connectivity index (χ1v) is 5.77. The van der Waals surface area contributed by atoms with Crippen LogP contribution in [0, 0.1) is 5.13 Å². The molecule has 0 atom stereocenters. The monoisotopic (exact) mass is 213 g/mol. The maximum absolute atomic E-state index is 12.9. The van der Waals surface area contributed by atoms with Gasteiger partial charge in [-0.3, -0.25) is 0 Å². The minimum absolute atomic E-state index is 0.160. The summed E-state index contributed by atoms with van der Waals surface area (Å²) in [6, 6.07) is 5.29. The highest BCUT2D eigenvalue weighted by Gasteiger charge is 2.04. The third-order valence-corrected chi connectivity index (χ3v) is 3.52. The molecule has 13 heavy (non-hydrogen) atoms. The molecule has 2 aromatic rings. The van der Waals surface area contributed by atoms with Crippen molar-refractivity contribution < 1.29 is 4.39 Å². The van der Waals surface area contributed by atoms with E-state index in [9.17, 15) is 4.39 Å². The molecule has 1 heterocycles. The maximum atomic E-state index is 12.9. The topological polar surface area (TPSA) is 26.0 Å². The fraction of sp³-hybridized carbons (Fsp3) is 0.111. The zero-order valence-corrected chi connectivity index (χ0v) is 8.64. The summed E-state index contributed by atoms with van der Waals surface area (Å²) in [7, 11) is 0. The van der Waals surface area contributed by atoms with Crippen LogP contribution in [-0.2, 0) is 0 Å². The van der Waals surface area contributed by atoms with Crippen LogP contribution in [0.1, 0.15) is 0 Å². The van der Waals surface area contributed by atoms with Crippen LogP contribution < -0.4 is 5.73 Å². The van der Waals surface area contributed by atoms with Crippen LogP contribution in [0.15, 0.2) is 23.1 Å². The Morgan fingerprint density at radius 2 is 2.15 bits per heavy atom. The van der Waals surface area contributed by atoms with Gasteiger partial charge in [-0.2, -0.15) is 4.39 Å². The Bertz CT molecular complexity index is 450. The molecule has 2 N–H and O–H groups in total. The molecule has 0 radical (unpaired) electrons. The number of halogens is 1. The Hall–Kier alpha value is -0.740. The van der Waals surface area contributed by atoms with Gasteiger partial charge in [-0.1, -0.05) is 0 Å². The number of benzene rings is 1. The normalized spacial score (nSPS) is 10.9. The largest absolute Gasteiger partial charge is 0.398 e. The van der Waals surface area contributed by atoms with Crippen molar-refractivity contribution in [2.75, 3.05) is 12.0 Å². The molecule has 1 aromatic carbocycles. The number of hydrogen-bond acceptors (Lipinski definition) is 3. The predicted molar refractivity (Wildman–Crippen MR) is 58.0 cm³/mol. The number of nitrogens with two attached hydrogens (primary N) is 1. The van der Waals surface area contributed by atoms with E-state index in [-0.39, 0.29) is 5.13 Å². The Labute approximate surface area is 83.7 Å². The van der Waals surface area contributed by atoms with Crippen LogP contribution in [0.3, 0.4) is 0 Å². The van der Waals surface area contributed by atoms with Crippen LogP contribution in [0.2, 0.25) is 0 Å². The predicted octanol–water partition coefficient (Wildman–Crippen LogP) is 3.34. The van der Waals surface area contributed by atoms with Crippen LogP contribution >= 0.6 is 23.1 Å². The van der Waals surface area contributed by atoms with Crippen molar-refractivity contribution in [2.24, 2.45) is 0 Å². The average Bonchev–Trinajstić information content (AvgIpc) is 2.42. The van der Waals surface area contributed by atoms with Gasteiger partial charge in [-0.25, -0.2) is 0 Å². The van der Waals surface area contributed by atoms with Crippen molar-refractivity contribution in [1.29, 1.82) is 0 Å². The van der Waals surface area contributed by atoms with Crippen LogP contribution in [0.25, 0.3) is 10.1 Å².